The summed E-state index contributed by atoms with van der Waals surface area (Å²) in [4.78, 5) is 9.28. The van der Waals surface area contributed by atoms with E-state index in [1.54, 1.807) is 0 Å². The SMILES string of the molecule is Cc1ccnc(-n2c3ccccc3c3cc4ccn(-c5ccccc5)c4cc32)n1. The predicted octanol–water partition coefficient (Wildman–Crippen LogP) is 5.83. The van der Waals surface area contributed by atoms with Crippen molar-refractivity contribution >= 4 is 32.7 Å². The van der Waals surface area contributed by atoms with Crippen LogP contribution < -0.4 is 0 Å². The van der Waals surface area contributed by atoms with Crippen molar-refractivity contribution in [2.45, 2.75) is 6.92 Å². The number of hydrogen-bond acceptors (Lipinski definition) is 2. The number of hydrogen-bond donors (Lipinski definition) is 0. The van der Waals surface area contributed by atoms with Gasteiger partial charge in [0.1, 0.15) is 0 Å². The molecule has 3 heterocycles. The molecule has 0 spiro atoms. The van der Waals surface area contributed by atoms with E-state index in [0.717, 1.165) is 22.4 Å². The molecule has 0 N–H and O–H groups in total. The lowest BCUT2D eigenvalue weighted by Gasteiger charge is -2.08. The fourth-order valence-corrected chi connectivity index (χ4v) is 4.17. The summed E-state index contributed by atoms with van der Waals surface area (Å²) in [5.74, 6) is 0.702. The normalized spacial score (nSPS) is 11.6. The van der Waals surface area contributed by atoms with Crippen LogP contribution in [-0.4, -0.2) is 19.1 Å². The average molecular weight is 374 g/mol. The van der Waals surface area contributed by atoms with Crippen LogP contribution in [0.2, 0.25) is 0 Å². The highest BCUT2D eigenvalue weighted by Gasteiger charge is 2.16. The molecular formula is C25H18N4. The third-order valence-electron chi connectivity index (χ3n) is 5.50. The van der Waals surface area contributed by atoms with Crippen LogP contribution in [0.1, 0.15) is 5.69 Å². The molecule has 0 atom stereocenters. The first-order valence-electron chi connectivity index (χ1n) is 9.69. The molecule has 0 unspecified atom stereocenters. The highest BCUT2D eigenvalue weighted by atomic mass is 15.2. The maximum Gasteiger partial charge on any atom is 0.234 e. The summed E-state index contributed by atoms with van der Waals surface area (Å²) in [6.45, 7) is 2.00. The number of nitrogens with zero attached hydrogens (tertiary/aromatic N) is 4. The molecule has 138 valence electrons. The Labute approximate surface area is 167 Å². The second-order valence-corrected chi connectivity index (χ2v) is 7.30. The summed E-state index contributed by atoms with van der Waals surface area (Å²) >= 11 is 0. The third kappa shape index (κ3) is 2.39. The Balaban J connectivity index is 1.75. The molecule has 0 aliphatic carbocycles. The lowest BCUT2D eigenvalue weighted by Crippen LogP contribution is -2.01. The molecule has 4 nitrogen and oxygen atoms in total. The summed E-state index contributed by atoms with van der Waals surface area (Å²) in [5, 5.41) is 3.64. The summed E-state index contributed by atoms with van der Waals surface area (Å²) in [6, 6.07) is 27.5. The Hall–Kier alpha value is -3.92. The molecule has 0 saturated heterocycles. The van der Waals surface area contributed by atoms with E-state index in [2.05, 4.69) is 87.0 Å². The number of aromatic nitrogens is 4. The van der Waals surface area contributed by atoms with Crippen LogP contribution in [0.4, 0.5) is 0 Å². The summed E-state index contributed by atoms with van der Waals surface area (Å²) in [5.41, 5.74) is 5.50. The van der Waals surface area contributed by atoms with Gasteiger partial charge in [0.15, 0.2) is 0 Å². The van der Waals surface area contributed by atoms with E-state index < -0.39 is 0 Å². The van der Waals surface area contributed by atoms with E-state index in [-0.39, 0.29) is 0 Å². The fourth-order valence-electron chi connectivity index (χ4n) is 4.17. The molecule has 29 heavy (non-hydrogen) atoms. The zero-order chi connectivity index (χ0) is 19.4. The monoisotopic (exact) mass is 374 g/mol. The molecule has 4 heteroatoms. The van der Waals surface area contributed by atoms with Crippen molar-refractivity contribution in [2.75, 3.05) is 0 Å². The topological polar surface area (TPSA) is 35.6 Å². The number of aryl methyl sites for hydroxylation is 1. The lowest BCUT2D eigenvalue weighted by molar-refractivity contribution is 0.964. The molecule has 0 aliphatic heterocycles. The third-order valence-corrected chi connectivity index (χ3v) is 5.50. The van der Waals surface area contributed by atoms with Gasteiger partial charge in [0.25, 0.3) is 0 Å². The standard InChI is InChI=1S/C25H18N4/c1-17-11-13-26-25(27-17)29-22-10-6-5-9-20(22)21-15-18-12-14-28(23(18)16-24(21)29)19-7-3-2-4-8-19/h2-16H,1H3. The molecule has 6 aromatic rings. The number of para-hydroxylation sites is 2. The van der Waals surface area contributed by atoms with Crippen molar-refractivity contribution in [3.63, 3.8) is 0 Å². The first kappa shape index (κ1) is 16.1. The molecule has 0 aliphatic rings. The highest BCUT2D eigenvalue weighted by Crippen LogP contribution is 2.34. The van der Waals surface area contributed by atoms with E-state index in [1.807, 2.05) is 25.3 Å². The van der Waals surface area contributed by atoms with Gasteiger partial charge in [-0.05, 0) is 49.4 Å². The van der Waals surface area contributed by atoms with E-state index >= 15 is 0 Å². The Kier molecular flexibility index (Phi) is 3.35. The van der Waals surface area contributed by atoms with Crippen LogP contribution >= 0.6 is 0 Å². The largest absolute Gasteiger partial charge is 0.316 e. The average Bonchev–Trinajstić information content (AvgIpc) is 3.31. The van der Waals surface area contributed by atoms with Crippen LogP contribution in [0.25, 0.3) is 44.3 Å². The van der Waals surface area contributed by atoms with Gasteiger partial charge in [0.05, 0.1) is 16.6 Å². The quantitative estimate of drug-likeness (QED) is 0.382. The van der Waals surface area contributed by atoms with Gasteiger partial charge in [-0.3, -0.25) is 4.57 Å². The number of benzene rings is 3. The Morgan fingerprint density at radius 3 is 2.41 bits per heavy atom. The van der Waals surface area contributed by atoms with E-state index in [0.29, 0.717) is 5.95 Å². The highest BCUT2D eigenvalue weighted by molar-refractivity contribution is 6.13. The summed E-state index contributed by atoms with van der Waals surface area (Å²) in [6.07, 6.45) is 3.96. The fraction of sp³-hybridized carbons (Fsp3) is 0.0400. The predicted molar refractivity (Wildman–Crippen MR) is 118 cm³/mol. The van der Waals surface area contributed by atoms with E-state index in [9.17, 15) is 0 Å². The summed E-state index contributed by atoms with van der Waals surface area (Å²) < 4.78 is 4.40. The molecule has 0 fully saturated rings. The Morgan fingerprint density at radius 1 is 0.724 bits per heavy atom. The van der Waals surface area contributed by atoms with Gasteiger partial charge in [-0.1, -0.05) is 36.4 Å². The number of rotatable bonds is 2. The molecule has 6 rings (SSSR count). The van der Waals surface area contributed by atoms with Crippen LogP contribution in [0.5, 0.6) is 0 Å². The van der Waals surface area contributed by atoms with Gasteiger partial charge in [0.2, 0.25) is 5.95 Å². The van der Waals surface area contributed by atoms with Crippen molar-refractivity contribution in [1.82, 2.24) is 19.1 Å². The van der Waals surface area contributed by atoms with Gasteiger partial charge < -0.3 is 4.57 Å². The first-order chi connectivity index (χ1) is 14.3. The molecule has 0 saturated carbocycles. The zero-order valence-corrected chi connectivity index (χ0v) is 15.9. The molecular weight excluding hydrogens is 356 g/mol. The van der Waals surface area contributed by atoms with Crippen molar-refractivity contribution in [3.8, 4) is 11.6 Å². The van der Waals surface area contributed by atoms with E-state index in [4.69, 9.17) is 4.98 Å². The van der Waals surface area contributed by atoms with Gasteiger partial charge >= 0.3 is 0 Å². The zero-order valence-electron chi connectivity index (χ0n) is 15.9. The minimum atomic E-state index is 0.702. The van der Waals surface area contributed by atoms with Gasteiger partial charge in [0, 0.05) is 39.9 Å². The van der Waals surface area contributed by atoms with Crippen LogP contribution in [0, 0.1) is 6.92 Å². The van der Waals surface area contributed by atoms with Crippen LogP contribution in [0.15, 0.2) is 91.3 Å². The van der Waals surface area contributed by atoms with Crippen molar-refractivity contribution < 1.29 is 0 Å². The minimum absolute atomic E-state index is 0.702. The maximum atomic E-state index is 4.71. The number of fused-ring (bicyclic) bond motifs is 4. The van der Waals surface area contributed by atoms with Crippen LogP contribution in [-0.2, 0) is 0 Å². The maximum absolute atomic E-state index is 4.71. The second-order valence-electron chi connectivity index (χ2n) is 7.30. The summed E-state index contributed by atoms with van der Waals surface area (Å²) in [7, 11) is 0. The van der Waals surface area contributed by atoms with Crippen molar-refractivity contribution in [3.05, 3.63) is 97.0 Å². The van der Waals surface area contributed by atoms with Gasteiger partial charge in [-0.2, -0.15) is 0 Å². The van der Waals surface area contributed by atoms with Crippen molar-refractivity contribution in [1.29, 1.82) is 0 Å². The lowest BCUT2D eigenvalue weighted by atomic mass is 10.1. The van der Waals surface area contributed by atoms with E-state index in [1.165, 1.54) is 21.7 Å². The van der Waals surface area contributed by atoms with Gasteiger partial charge in [-0.15, -0.1) is 0 Å². The molecule has 0 amide bonds. The second kappa shape index (κ2) is 6.04. The Bertz CT molecular complexity index is 1510. The van der Waals surface area contributed by atoms with Gasteiger partial charge in [-0.25, -0.2) is 9.97 Å². The molecule has 3 aromatic heterocycles. The first-order valence-corrected chi connectivity index (χ1v) is 9.69. The smallest absolute Gasteiger partial charge is 0.234 e. The molecule has 0 radical (unpaired) electrons. The molecule has 3 aromatic carbocycles. The minimum Gasteiger partial charge on any atom is -0.316 e. The van der Waals surface area contributed by atoms with Crippen molar-refractivity contribution in [2.24, 2.45) is 0 Å². The van der Waals surface area contributed by atoms with Crippen LogP contribution in [0.3, 0.4) is 0 Å². The molecule has 0 bridgehead atoms. The Morgan fingerprint density at radius 2 is 1.55 bits per heavy atom.